The Kier molecular flexibility index (Phi) is 6.54. The Morgan fingerprint density at radius 2 is 2.32 bits per heavy atom. The molecule has 1 amide bonds. The van der Waals surface area contributed by atoms with E-state index >= 15 is 0 Å². The van der Waals surface area contributed by atoms with Gasteiger partial charge in [-0.05, 0) is 31.9 Å². The quantitative estimate of drug-likeness (QED) is 0.600. The SMILES string of the molecule is Cc1c[nH]c2nccc(N3C=C(C(=O)NC(C)[C@@H]4C[C@@H](O)CN4)SCC3)c12.Cl. The van der Waals surface area contributed by atoms with Crippen LogP contribution in [0, 0.1) is 6.92 Å². The van der Waals surface area contributed by atoms with Gasteiger partial charge in [0.05, 0.1) is 16.7 Å². The molecule has 9 heteroatoms. The number of fused-ring (bicyclic) bond motifs is 1. The molecule has 3 atom stereocenters. The van der Waals surface area contributed by atoms with Gasteiger partial charge in [-0.25, -0.2) is 4.98 Å². The number of aromatic nitrogens is 2. The van der Waals surface area contributed by atoms with Crippen molar-refractivity contribution in [2.75, 3.05) is 23.7 Å². The minimum Gasteiger partial charge on any atom is -0.392 e. The number of nitrogens with one attached hydrogen (secondary N) is 3. The van der Waals surface area contributed by atoms with Gasteiger partial charge in [-0.15, -0.1) is 24.2 Å². The van der Waals surface area contributed by atoms with Crippen molar-refractivity contribution < 1.29 is 9.90 Å². The minimum atomic E-state index is -0.327. The van der Waals surface area contributed by atoms with E-state index in [2.05, 4.69) is 32.4 Å². The first-order valence-corrected chi connectivity index (χ1v) is 10.3. The highest BCUT2D eigenvalue weighted by molar-refractivity contribution is 8.04. The number of aromatic amines is 1. The summed E-state index contributed by atoms with van der Waals surface area (Å²) in [5.74, 6) is 0.790. The van der Waals surface area contributed by atoms with Crippen LogP contribution in [0.3, 0.4) is 0 Å². The maximum Gasteiger partial charge on any atom is 0.259 e. The van der Waals surface area contributed by atoms with Crippen LogP contribution in [0.2, 0.25) is 0 Å². The number of amides is 1. The predicted molar refractivity (Wildman–Crippen MR) is 116 cm³/mol. The molecule has 4 heterocycles. The number of aryl methyl sites for hydroxylation is 1. The fourth-order valence-corrected chi connectivity index (χ4v) is 4.66. The minimum absolute atomic E-state index is 0. The van der Waals surface area contributed by atoms with Crippen molar-refractivity contribution in [1.29, 1.82) is 0 Å². The number of carbonyl (C=O) groups excluding carboxylic acids is 1. The van der Waals surface area contributed by atoms with Gasteiger partial charge in [0.15, 0.2) is 0 Å². The summed E-state index contributed by atoms with van der Waals surface area (Å²) in [5, 5.41) is 17.1. The summed E-state index contributed by atoms with van der Waals surface area (Å²) >= 11 is 1.58. The Balaban J connectivity index is 0.00000225. The Hall–Kier alpha value is -1.74. The molecule has 1 unspecified atom stereocenters. The van der Waals surface area contributed by atoms with Gasteiger partial charge in [0.25, 0.3) is 5.91 Å². The first kappa shape index (κ1) is 21.0. The molecule has 28 heavy (non-hydrogen) atoms. The monoisotopic (exact) mass is 423 g/mol. The zero-order valence-electron chi connectivity index (χ0n) is 15.9. The lowest BCUT2D eigenvalue weighted by Crippen LogP contribution is -2.46. The van der Waals surface area contributed by atoms with Crippen molar-refractivity contribution in [2.24, 2.45) is 0 Å². The van der Waals surface area contributed by atoms with Crippen LogP contribution in [0.4, 0.5) is 5.69 Å². The van der Waals surface area contributed by atoms with Crippen molar-refractivity contribution in [3.05, 3.63) is 35.1 Å². The number of β-amino-alcohol motifs (C(OH)–C–C–N with tert-alkyl or cyclic N) is 1. The molecule has 2 aromatic heterocycles. The molecule has 1 saturated heterocycles. The number of hydrogen-bond acceptors (Lipinski definition) is 6. The van der Waals surface area contributed by atoms with E-state index in [4.69, 9.17) is 0 Å². The van der Waals surface area contributed by atoms with Crippen molar-refractivity contribution >= 4 is 46.8 Å². The lowest BCUT2D eigenvalue weighted by molar-refractivity contribution is -0.117. The molecule has 7 nitrogen and oxygen atoms in total. The number of hydrogen-bond donors (Lipinski definition) is 4. The van der Waals surface area contributed by atoms with E-state index in [0.717, 1.165) is 34.6 Å². The second kappa shape index (κ2) is 8.73. The van der Waals surface area contributed by atoms with Gasteiger partial charge in [-0.3, -0.25) is 4.79 Å². The van der Waals surface area contributed by atoms with Crippen LogP contribution >= 0.6 is 24.2 Å². The number of pyridine rings is 1. The molecule has 0 radical (unpaired) electrons. The van der Waals surface area contributed by atoms with E-state index in [0.29, 0.717) is 17.9 Å². The second-order valence-corrected chi connectivity index (χ2v) is 8.36. The van der Waals surface area contributed by atoms with Gasteiger partial charge < -0.3 is 25.6 Å². The topological polar surface area (TPSA) is 93.3 Å². The van der Waals surface area contributed by atoms with Gasteiger partial charge in [-0.1, -0.05) is 0 Å². The molecule has 4 N–H and O–H groups in total. The van der Waals surface area contributed by atoms with Crippen LogP contribution < -0.4 is 15.5 Å². The second-order valence-electron chi connectivity index (χ2n) is 7.23. The summed E-state index contributed by atoms with van der Waals surface area (Å²) in [7, 11) is 0. The highest BCUT2D eigenvalue weighted by Gasteiger charge is 2.29. The lowest BCUT2D eigenvalue weighted by Gasteiger charge is -2.28. The van der Waals surface area contributed by atoms with Gasteiger partial charge in [0.2, 0.25) is 0 Å². The molecule has 0 aliphatic carbocycles. The van der Waals surface area contributed by atoms with Crippen LogP contribution in [-0.4, -0.2) is 58.0 Å². The van der Waals surface area contributed by atoms with Crippen molar-refractivity contribution in [2.45, 2.75) is 38.5 Å². The number of rotatable bonds is 4. The van der Waals surface area contributed by atoms with Crippen LogP contribution in [0.1, 0.15) is 18.9 Å². The standard InChI is InChI=1S/C19H25N5O2S.ClH/c1-11-8-22-18-17(11)15(3-4-20-18)24-5-6-27-16(10-24)19(26)23-12(2)14-7-13(25)9-21-14;/h3-4,8,10,12-14,21,25H,5-7,9H2,1-2H3,(H,20,22)(H,23,26);1H/t12?,13-,14+;/m1./s1. The average Bonchev–Trinajstić information content (AvgIpc) is 3.28. The molecule has 1 fully saturated rings. The third-order valence-corrected chi connectivity index (χ3v) is 6.24. The van der Waals surface area contributed by atoms with Crippen LogP contribution in [-0.2, 0) is 4.79 Å². The first-order valence-electron chi connectivity index (χ1n) is 9.29. The normalized spacial score (nSPS) is 23.2. The van der Waals surface area contributed by atoms with Gasteiger partial charge >= 0.3 is 0 Å². The predicted octanol–water partition coefficient (Wildman–Crippen LogP) is 1.92. The van der Waals surface area contributed by atoms with Gasteiger partial charge in [-0.2, -0.15) is 0 Å². The number of aliphatic hydroxyl groups excluding tert-OH is 1. The summed E-state index contributed by atoms with van der Waals surface area (Å²) in [5.41, 5.74) is 3.07. The summed E-state index contributed by atoms with van der Waals surface area (Å²) < 4.78 is 0. The van der Waals surface area contributed by atoms with Crippen molar-refractivity contribution in [1.82, 2.24) is 20.6 Å². The summed E-state index contributed by atoms with van der Waals surface area (Å²) in [4.78, 5) is 23.2. The zero-order valence-corrected chi connectivity index (χ0v) is 17.6. The van der Waals surface area contributed by atoms with E-state index in [-0.39, 0.29) is 36.5 Å². The maximum atomic E-state index is 12.8. The number of anilines is 1. The molecule has 0 bridgehead atoms. The molecule has 2 aliphatic heterocycles. The van der Waals surface area contributed by atoms with Crippen molar-refractivity contribution in [3.8, 4) is 0 Å². The van der Waals surface area contributed by atoms with E-state index in [1.54, 1.807) is 18.0 Å². The molecule has 2 aliphatic rings. The summed E-state index contributed by atoms with van der Waals surface area (Å²) in [6, 6.07) is 2.07. The Labute approximate surface area is 174 Å². The van der Waals surface area contributed by atoms with Gasteiger partial charge in [0, 0.05) is 54.9 Å². The largest absolute Gasteiger partial charge is 0.392 e. The van der Waals surface area contributed by atoms with E-state index in [1.807, 2.05) is 25.4 Å². The van der Waals surface area contributed by atoms with Crippen LogP contribution in [0.5, 0.6) is 0 Å². The molecule has 2 aromatic rings. The molecule has 4 rings (SSSR count). The molecular formula is C19H26ClN5O2S. The summed E-state index contributed by atoms with van der Waals surface area (Å²) in [6.07, 6.45) is 6.03. The third kappa shape index (κ3) is 4.15. The van der Waals surface area contributed by atoms with Crippen LogP contribution in [0.15, 0.2) is 29.6 Å². The third-order valence-electron chi connectivity index (χ3n) is 5.25. The fourth-order valence-electron chi connectivity index (χ4n) is 3.76. The first-order chi connectivity index (χ1) is 13.0. The molecule has 0 spiro atoms. The highest BCUT2D eigenvalue weighted by atomic mass is 35.5. The zero-order chi connectivity index (χ0) is 19.0. The molecular weight excluding hydrogens is 398 g/mol. The average molecular weight is 424 g/mol. The number of carbonyl (C=O) groups is 1. The maximum absolute atomic E-state index is 12.8. The molecule has 152 valence electrons. The van der Waals surface area contributed by atoms with E-state index in [9.17, 15) is 9.90 Å². The fraction of sp³-hybridized carbons (Fsp3) is 0.474. The number of halogens is 1. The van der Waals surface area contributed by atoms with E-state index in [1.165, 1.54) is 0 Å². The Morgan fingerprint density at radius 1 is 1.50 bits per heavy atom. The highest BCUT2D eigenvalue weighted by Crippen LogP contribution is 2.32. The Morgan fingerprint density at radius 3 is 3.07 bits per heavy atom. The number of nitrogens with zero attached hydrogens (tertiary/aromatic N) is 2. The lowest BCUT2D eigenvalue weighted by atomic mass is 10.1. The summed E-state index contributed by atoms with van der Waals surface area (Å²) in [6.45, 7) is 5.47. The van der Waals surface area contributed by atoms with E-state index < -0.39 is 0 Å². The molecule has 0 aromatic carbocycles. The number of aliphatic hydroxyl groups is 1. The van der Waals surface area contributed by atoms with Crippen LogP contribution in [0.25, 0.3) is 11.0 Å². The molecule has 0 saturated carbocycles. The van der Waals surface area contributed by atoms with Crippen molar-refractivity contribution in [3.63, 3.8) is 0 Å². The smallest absolute Gasteiger partial charge is 0.259 e. The Bertz CT molecular complexity index is 886. The number of thioether (sulfide) groups is 1. The number of H-pyrrole nitrogens is 1. The van der Waals surface area contributed by atoms with Gasteiger partial charge in [0.1, 0.15) is 5.65 Å².